The summed E-state index contributed by atoms with van der Waals surface area (Å²) in [5.41, 5.74) is 4.51. The Labute approximate surface area is 192 Å². The van der Waals surface area contributed by atoms with Crippen molar-refractivity contribution in [3.8, 4) is 17.6 Å². The molecule has 7 heteroatoms. The van der Waals surface area contributed by atoms with Crippen LogP contribution < -0.4 is 4.74 Å². The highest BCUT2D eigenvalue weighted by Crippen LogP contribution is 2.24. The number of hydrogen-bond donors (Lipinski definition) is 1. The molecule has 1 N–H and O–H groups in total. The van der Waals surface area contributed by atoms with Crippen LogP contribution in [0.2, 0.25) is 0 Å². The second kappa shape index (κ2) is 9.96. The van der Waals surface area contributed by atoms with Crippen molar-refractivity contribution in [3.63, 3.8) is 0 Å². The summed E-state index contributed by atoms with van der Waals surface area (Å²) in [6, 6.07) is 13.4. The van der Waals surface area contributed by atoms with Crippen LogP contribution in [0.4, 0.5) is 0 Å². The van der Waals surface area contributed by atoms with Gasteiger partial charge in [0.15, 0.2) is 0 Å². The Morgan fingerprint density at radius 1 is 1.15 bits per heavy atom. The van der Waals surface area contributed by atoms with E-state index in [4.69, 9.17) is 9.84 Å². The van der Waals surface area contributed by atoms with E-state index in [1.165, 1.54) is 0 Å². The standard InChI is InChI=1S/C26H24N4O3/c1-3-5-20(12-26(31)32)19-8-10-23(11-9-19)33-17-21-6-4-7-25-24(21)16-30(29-25)15-22-14-27-18(2)13-28-22/h4,6-11,13-14,16,20H,12,15,17H2,1-2H3,(H,31,32)/t20-/m0/s1. The summed E-state index contributed by atoms with van der Waals surface area (Å²) in [7, 11) is 0. The molecule has 0 aliphatic carbocycles. The summed E-state index contributed by atoms with van der Waals surface area (Å²) < 4.78 is 7.87. The predicted molar refractivity (Wildman–Crippen MR) is 125 cm³/mol. The molecule has 0 fully saturated rings. The SMILES string of the molecule is CC#C[C@@H](CC(=O)O)c1ccc(OCc2cccc3nn(Cc4cnc(C)cn4)cc23)cc1. The van der Waals surface area contributed by atoms with Crippen molar-refractivity contribution in [3.05, 3.63) is 83.6 Å². The zero-order chi connectivity index (χ0) is 23.2. The van der Waals surface area contributed by atoms with E-state index in [9.17, 15) is 4.79 Å². The number of carboxylic acids is 1. The Morgan fingerprint density at radius 2 is 1.97 bits per heavy atom. The lowest BCUT2D eigenvalue weighted by molar-refractivity contribution is -0.137. The first kappa shape index (κ1) is 22.0. The monoisotopic (exact) mass is 440 g/mol. The second-order valence-corrected chi connectivity index (χ2v) is 7.73. The number of rotatable bonds is 8. The summed E-state index contributed by atoms with van der Waals surface area (Å²) in [4.78, 5) is 19.8. The fourth-order valence-corrected chi connectivity index (χ4v) is 3.58. The van der Waals surface area contributed by atoms with Gasteiger partial charge in [0, 0.05) is 23.3 Å². The van der Waals surface area contributed by atoms with E-state index in [1.807, 2.05) is 60.3 Å². The Kier molecular flexibility index (Phi) is 6.65. The zero-order valence-corrected chi connectivity index (χ0v) is 18.5. The first-order chi connectivity index (χ1) is 16.0. The predicted octanol–water partition coefficient (Wildman–Crippen LogP) is 4.34. The number of benzene rings is 2. The third-order valence-electron chi connectivity index (χ3n) is 5.22. The van der Waals surface area contributed by atoms with Gasteiger partial charge in [-0.2, -0.15) is 5.10 Å². The van der Waals surface area contributed by atoms with E-state index in [0.29, 0.717) is 18.9 Å². The van der Waals surface area contributed by atoms with Gasteiger partial charge in [-0.1, -0.05) is 30.2 Å². The molecule has 1 atom stereocenters. The molecule has 0 aliphatic heterocycles. The minimum atomic E-state index is -0.869. The highest BCUT2D eigenvalue weighted by Gasteiger charge is 2.13. The van der Waals surface area contributed by atoms with Crippen molar-refractivity contribution in [1.29, 1.82) is 0 Å². The van der Waals surface area contributed by atoms with E-state index in [1.54, 1.807) is 19.3 Å². The Balaban J connectivity index is 1.46. The van der Waals surface area contributed by atoms with Gasteiger partial charge in [0.2, 0.25) is 0 Å². The van der Waals surface area contributed by atoms with Gasteiger partial charge in [0.25, 0.3) is 0 Å². The number of carboxylic acid groups (broad SMARTS) is 1. The van der Waals surface area contributed by atoms with Gasteiger partial charge in [0.05, 0.1) is 42.0 Å². The summed E-state index contributed by atoms with van der Waals surface area (Å²) in [6.45, 7) is 4.55. The van der Waals surface area contributed by atoms with Crippen molar-refractivity contribution < 1.29 is 14.6 Å². The van der Waals surface area contributed by atoms with Crippen molar-refractivity contribution in [1.82, 2.24) is 19.7 Å². The molecule has 2 heterocycles. The maximum absolute atomic E-state index is 11.1. The van der Waals surface area contributed by atoms with Gasteiger partial charge < -0.3 is 9.84 Å². The molecule has 0 aliphatic rings. The molecule has 2 aromatic carbocycles. The minimum Gasteiger partial charge on any atom is -0.489 e. The summed E-state index contributed by atoms with van der Waals surface area (Å²) >= 11 is 0. The van der Waals surface area contributed by atoms with Crippen molar-refractivity contribution in [2.45, 2.75) is 39.3 Å². The maximum Gasteiger partial charge on any atom is 0.304 e. The molecule has 0 unspecified atom stereocenters. The van der Waals surface area contributed by atoms with Crippen LogP contribution >= 0.6 is 0 Å². The van der Waals surface area contributed by atoms with Crippen LogP contribution in [0, 0.1) is 18.8 Å². The largest absolute Gasteiger partial charge is 0.489 e. The summed E-state index contributed by atoms with van der Waals surface area (Å²) in [5, 5.41) is 14.8. The van der Waals surface area contributed by atoms with Crippen LogP contribution in [-0.4, -0.2) is 30.8 Å². The number of aryl methyl sites for hydroxylation is 1. The molecule has 0 spiro atoms. The van der Waals surface area contributed by atoms with Crippen LogP contribution in [0.15, 0.2) is 61.1 Å². The number of aromatic nitrogens is 4. The van der Waals surface area contributed by atoms with E-state index in [0.717, 1.165) is 33.4 Å². The lowest BCUT2D eigenvalue weighted by Gasteiger charge is -2.11. The average Bonchev–Trinajstić information content (AvgIpc) is 3.22. The van der Waals surface area contributed by atoms with Crippen LogP contribution in [0.3, 0.4) is 0 Å². The summed E-state index contributed by atoms with van der Waals surface area (Å²) in [5.74, 6) is 5.27. The van der Waals surface area contributed by atoms with Gasteiger partial charge in [0.1, 0.15) is 12.4 Å². The first-order valence-electron chi connectivity index (χ1n) is 10.6. The molecule has 7 nitrogen and oxygen atoms in total. The van der Waals surface area contributed by atoms with Crippen LogP contribution in [-0.2, 0) is 17.9 Å². The van der Waals surface area contributed by atoms with Gasteiger partial charge in [-0.05, 0) is 37.6 Å². The van der Waals surface area contributed by atoms with E-state index < -0.39 is 5.97 Å². The molecule has 0 bridgehead atoms. The maximum atomic E-state index is 11.1. The Hall–Kier alpha value is -4.18. The van der Waals surface area contributed by atoms with Gasteiger partial charge in [-0.15, -0.1) is 5.92 Å². The van der Waals surface area contributed by atoms with Crippen LogP contribution in [0.5, 0.6) is 5.75 Å². The molecule has 0 amide bonds. The number of nitrogens with zero attached hydrogens (tertiary/aromatic N) is 4. The van der Waals surface area contributed by atoms with E-state index in [-0.39, 0.29) is 12.3 Å². The molecular weight excluding hydrogens is 416 g/mol. The molecular formula is C26H24N4O3. The minimum absolute atomic E-state index is 0.0266. The number of aliphatic carboxylic acids is 1. The molecule has 0 saturated heterocycles. The number of ether oxygens (including phenoxy) is 1. The van der Waals surface area contributed by atoms with E-state index in [2.05, 4.69) is 26.9 Å². The Morgan fingerprint density at radius 3 is 2.67 bits per heavy atom. The molecule has 166 valence electrons. The molecule has 4 rings (SSSR count). The number of fused-ring (bicyclic) bond motifs is 1. The molecule has 2 aromatic heterocycles. The van der Waals surface area contributed by atoms with Crippen LogP contribution in [0.1, 0.15) is 41.8 Å². The van der Waals surface area contributed by atoms with Gasteiger partial charge >= 0.3 is 5.97 Å². The van der Waals surface area contributed by atoms with Crippen LogP contribution in [0.25, 0.3) is 10.9 Å². The highest BCUT2D eigenvalue weighted by molar-refractivity contribution is 5.81. The third-order valence-corrected chi connectivity index (χ3v) is 5.22. The second-order valence-electron chi connectivity index (χ2n) is 7.73. The topological polar surface area (TPSA) is 90.1 Å². The molecule has 4 aromatic rings. The zero-order valence-electron chi connectivity index (χ0n) is 18.5. The van der Waals surface area contributed by atoms with E-state index >= 15 is 0 Å². The smallest absolute Gasteiger partial charge is 0.304 e. The van der Waals surface area contributed by atoms with Gasteiger partial charge in [-0.25, -0.2) is 0 Å². The quantitative estimate of drug-likeness (QED) is 0.410. The van der Waals surface area contributed by atoms with Crippen molar-refractivity contribution in [2.75, 3.05) is 0 Å². The molecule has 33 heavy (non-hydrogen) atoms. The first-order valence-corrected chi connectivity index (χ1v) is 10.6. The molecule has 0 saturated carbocycles. The lowest BCUT2D eigenvalue weighted by Crippen LogP contribution is -2.04. The number of carbonyl (C=O) groups is 1. The fraction of sp³-hybridized carbons (Fsp3) is 0.231. The van der Waals surface area contributed by atoms with Crippen molar-refractivity contribution >= 4 is 16.9 Å². The summed E-state index contributed by atoms with van der Waals surface area (Å²) in [6.07, 6.45) is 5.49. The molecule has 0 radical (unpaired) electrons. The normalized spacial score (nSPS) is 11.6. The lowest BCUT2D eigenvalue weighted by atomic mass is 9.96. The third kappa shape index (κ3) is 5.55. The highest BCUT2D eigenvalue weighted by atomic mass is 16.5. The van der Waals surface area contributed by atoms with Crippen molar-refractivity contribution in [2.24, 2.45) is 0 Å². The fourth-order valence-electron chi connectivity index (χ4n) is 3.58. The average molecular weight is 441 g/mol. The number of hydrogen-bond acceptors (Lipinski definition) is 5. The van der Waals surface area contributed by atoms with Gasteiger partial charge in [-0.3, -0.25) is 19.4 Å². The Bertz CT molecular complexity index is 1320.